The Balaban J connectivity index is 0.00000256. The van der Waals surface area contributed by atoms with Crippen molar-refractivity contribution < 1.29 is 9.52 Å². The van der Waals surface area contributed by atoms with Gasteiger partial charge in [-0.1, -0.05) is 48.0 Å². The Bertz CT molecular complexity index is 1220. The van der Waals surface area contributed by atoms with Crippen molar-refractivity contribution in [3.8, 4) is 5.75 Å². The van der Waals surface area contributed by atoms with Crippen molar-refractivity contribution in [1.29, 1.82) is 0 Å². The third kappa shape index (κ3) is 4.34. The van der Waals surface area contributed by atoms with E-state index in [2.05, 4.69) is 5.32 Å². The number of benzene rings is 3. The molecular weight excluding hydrogens is 398 g/mol. The zero-order valence-electron chi connectivity index (χ0n) is 16.9. The molecule has 4 nitrogen and oxygen atoms in total. The minimum Gasteiger partial charge on any atom is -0.507 e. The highest BCUT2D eigenvalue weighted by molar-refractivity contribution is 5.86. The molecule has 1 heterocycles. The molecule has 4 aromatic rings. The largest absolute Gasteiger partial charge is 0.507 e. The van der Waals surface area contributed by atoms with Gasteiger partial charge >= 0.3 is 5.63 Å². The lowest BCUT2D eigenvalue weighted by Gasteiger charge is -2.13. The van der Waals surface area contributed by atoms with Gasteiger partial charge in [0.15, 0.2) is 0 Å². The first-order valence-electron chi connectivity index (χ1n) is 9.64. The van der Waals surface area contributed by atoms with E-state index in [0.717, 1.165) is 22.2 Å². The van der Waals surface area contributed by atoms with Crippen LogP contribution in [0.15, 0.2) is 75.9 Å². The Labute approximate surface area is 181 Å². The molecule has 2 N–H and O–H groups in total. The molecule has 0 fully saturated rings. The standard InChI is InChI=1S/C25H23NO3.ClH/c1-16-8-10-19(11-9-16)26-15-22-23(27)13-12-20-17(2)21(25(28)29-24(20)22)14-18-6-4-3-5-7-18;/h3-13,26-27H,14-15H2,1-2H3;1H. The normalized spacial score (nSPS) is 10.6. The molecule has 0 radical (unpaired) electrons. The monoisotopic (exact) mass is 421 g/mol. The SMILES string of the molecule is Cc1ccc(NCc2c(O)ccc3c(C)c(Cc4ccccc4)c(=O)oc23)cc1.Cl. The lowest BCUT2D eigenvalue weighted by Crippen LogP contribution is -2.12. The Morgan fingerprint density at radius 1 is 0.900 bits per heavy atom. The van der Waals surface area contributed by atoms with E-state index in [1.54, 1.807) is 6.07 Å². The van der Waals surface area contributed by atoms with E-state index in [9.17, 15) is 9.90 Å². The van der Waals surface area contributed by atoms with Crippen LogP contribution in [-0.2, 0) is 13.0 Å². The average molecular weight is 422 g/mol. The van der Waals surface area contributed by atoms with Crippen LogP contribution in [0.4, 0.5) is 5.69 Å². The number of halogens is 1. The highest BCUT2D eigenvalue weighted by atomic mass is 35.5. The summed E-state index contributed by atoms with van der Waals surface area (Å²) in [4.78, 5) is 12.8. The van der Waals surface area contributed by atoms with Crippen molar-refractivity contribution in [2.75, 3.05) is 5.32 Å². The lowest BCUT2D eigenvalue weighted by molar-refractivity contribution is 0.465. The maximum Gasteiger partial charge on any atom is 0.340 e. The molecule has 0 atom stereocenters. The van der Waals surface area contributed by atoms with Crippen molar-refractivity contribution in [1.82, 2.24) is 0 Å². The molecule has 0 unspecified atom stereocenters. The molecule has 4 rings (SSSR count). The molecule has 0 spiro atoms. The number of aromatic hydroxyl groups is 1. The average Bonchev–Trinajstić information content (AvgIpc) is 2.72. The molecule has 0 bridgehead atoms. The van der Waals surface area contributed by atoms with Crippen molar-refractivity contribution in [2.45, 2.75) is 26.8 Å². The molecule has 0 aliphatic heterocycles. The first-order chi connectivity index (χ1) is 14.0. The van der Waals surface area contributed by atoms with Gasteiger partial charge in [-0.25, -0.2) is 4.79 Å². The van der Waals surface area contributed by atoms with Crippen LogP contribution >= 0.6 is 12.4 Å². The molecular formula is C25H24ClNO3. The number of rotatable bonds is 5. The number of anilines is 1. The van der Waals surface area contributed by atoms with Crippen molar-refractivity contribution in [2.24, 2.45) is 0 Å². The van der Waals surface area contributed by atoms with Gasteiger partial charge in [-0.15, -0.1) is 12.4 Å². The van der Waals surface area contributed by atoms with Gasteiger partial charge in [0.1, 0.15) is 11.3 Å². The fourth-order valence-corrected chi connectivity index (χ4v) is 3.54. The fraction of sp³-hybridized carbons (Fsp3) is 0.160. The zero-order chi connectivity index (χ0) is 20.4. The molecule has 1 aromatic heterocycles. The molecule has 154 valence electrons. The predicted octanol–water partition coefficient (Wildman–Crippen LogP) is 5.74. The van der Waals surface area contributed by atoms with Crippen molar-refractivity contribution in [3.05, 3.63) is 105 Å². The van der Waals surface area contributed by atoms with E-state index in [1.165, 1.54) is 5.56 Å². The summed E-state index contributed by atoms with van der Waals surface area (Å²) >= 11 is 0. The summed E-state index contributed by atoms with van der Waals surface area (Å²) in [6.07, 6.45) is 0.517. The third-order valence-corrected chi connectivity index (χ3v) is 5.28. The van der Waals surface area contributed by atoms with Crippen LogP contribution in [0.25, 0.3) is 11.0 Å². The van der Waals surface area contributed by atoms with E-state index in [0.29, 0.717) is 29.7 Å². The topological polar surface area (TPSA) is 62.5 Å². The van der Waals surface area contributed by atoms with Gasteiger partial charge in [0.25, 0.3) is 0 Å². The Hall–Kier alpha value is -3.24. The number of nitrogens with one attached hydrogen (secondary N) is 1. The third-order valence-electron chi connectivity index (χ3n) is 5.28. The second-order valence-corrected chi connectivity index (χ2v) is 7.31. The first kappa shape index (κ1) is 21.5. The fourth-order valence-electron chi connectivity index (χ4n) is 3.54. The number of hydrogen-bond acceptors (Lipinski definition) is 4. The molecule has 0 aliphatic carbocycles. The number of phenols is 1. The van der Waals surface area contributed by atoms with Gasteiger partial charge in [0.05, 0.1) is 5.56 Å². The van der Waals surface area contributed by atoms with E-state index in [1.807, 2.05) is 74.5 Å². The molecule has 0 aliphatic rings. The summed E-state index contributed by atoms with van der Waals surface area (Å²) in [5.41, 5.74) is 5.35. The van der Waals surface area contributed by atoms with E-state index < -0.39 is 0 Å². The molecule has 0 saturated heterocycles. The van der Waals surface area contributed by atoms with Crippen molar-refractivity contribution >= 4 is 29.1 Å². The van der Waals surface area contributed by atoms with Gasteiger partial charge in [0, 0.05) is 29.6 Å². The minimum atomic E-state index is -0.360. The Morgan fingerprint density at radius 3 is 2.30 bits per heavy atom. The van der Waals surface area contributed by atoms with Gasteiger partial charge in [-0.05, 0) is 49.2 Å². The van der Waals surface area contributed by atoms with Crippen molar-refractivity contribution in [3.63, 3.8) is 0 Å². The summed E-state index contributed by atoms with van der Waals surface area (Å²) in [6.45, 7) is 4.32. The van der Waals surface area contributed by atoms with Crippen LogP contribution in [0.1, 0.15) is 27.8 Å². The van der Waals surface area contributed by atoms with Gasteiger partial charge in [-0.2, -0.15) is 0 Å². The first-order valence-corrected chi connectivity index (χ1v) is 9.64. The van der Waals surface area contributed by atoms with Crippen LogP contribution in [0.5, 0.6) is 5.75 Å². The Kier molecular flexibility index (Phi) is 6.48. The maximum absolute atomic E-state index is 12.8. The molecule has 5 heteroatoms. The summed E-state index contributed by atoms with van der Waals surface area (Å²) < 4.78 is 5.71. The number of phenolic OH excluding ortho intramolecular Hbond substituents is 1. The summed E-state index contributed by atoms with van der Waals surface area (Å²) in [6, 6.07) is 21.3. The number of aryl methyl sites for hydroxylation is 2. The maximum atomic E-state index is 12.8. The summed E-state index contributed by atoms with van der Waals surface area (Å²) in [7, 11) is 0. The van der Waals surface area contributed by atoms with Gasteiger partial charge in [-0.3, -0.25) is 0 Å². The van der Waals surface area contributed by atoms with Crippen LogP contribution in [0.3, 0.4) is 0 Å². The molecule has 0 amide bonds. The summed E-state index contributed by atoms with van der Waals surface area (Å²) in [5.74, 6) is 0.107. The summed E-state index contributed by atoms with van der Waals surface area (Å²) in [5, 5.41) is 14.5. The van der Waals surface area contributed by atoms with Crippen LogP contribution in [-0.4, -0.2) is 5.11 Å². The van der Waals surface area contributed by atoms with Gasteiger partial charge in [0.2, 0.25) is 0 Å². The molecule has 3 aromatic carbocycles. The minimum absolute atomic E-state index is 0. The predicted molar refractivity (Wildman–Crippen MR) is 124 cm³/mol. The van der Waals surface area contributed by atoms with Crippen LogP contribution in [0, 0.1) is 13.8 Å². The van der Waals surface area contributed by atoms with E-state index in [4.69, 9.17) is 4.42 Å². The second kappa shape index (κ2) is 9.06. The zero-order valence-corrected chi connectivity index (χ0v) is 17.8. The number of hydrogen-bond donors (Lipinski definition) is 2. The smallest absolute Gasteiger partial charge is 0.340 e. The quantitative estimate of drug-likeness (QED) is 0.403. The molecule has 0 saturated carbocycles. The van der Waals surface area contributed by atoms with E-state index >= 15 is 0 Å². The van der Waals surface area contributed by atoms with Crippen LogP contribution < -0.4 is 10.9 Å². The highest BCUT2D eigenvalue weighted by Crippen LogP contribution is 2.30. The number of fused-ring (bicyclic) bond motifs is 1. The highest BCUT2D eigenvalue weighted by Gasteiger charge is 2.17. The van der Waals surface area contributed by atoms with E-state index in [-0.39, 0.29) is 23.8 Å². The lowest BCUT2D eigenvalue weighted by atomic mass is 9.98. The van der Waals surface area contributed by atoms with Gasteiger partial charge < -0.3 is 14.8 Å². The van der Waals surface area contributed by atoms with Crippen LogP contribution in [0.2, 0.25) is 0 Å². The second-order valence-electron chi connectivity index (χ2n) is 7.31. The Morgan fingerprint density at radius 2 is 1.60 bits per heavy atom. The molecule has 30 heavy (non-hydrogen) atoms.